The van der Waals surface area contributed by atoms with Crippen LogP contribution < -0.4 is 0 Å². The van der Waals surface area contributed by atoms with Gasteiger partial charge in [-0.2, -0.15) is 13.2 Å². The summed E-state index contributed by atoms with van der Waals surface area (Å²) >= 11 is 5.31. The number of alkyl halides is 4. The average Bonchev–Trinajstić information content (AvgIpc) is 2.03. The first-order chi connectivity index (χ1) is 5.55. The molecule has 0 aromatic carbocycles. The molecule has 0 saturated carbocycles. The molecule has 1 heterocycles. The van der Waals surface area contributed by atoms with E-state index in [0.717, 1.165) is 6.20 Å². The van der Waals surface area contributed by atoms with Crippen molar-refractivity contribution >= 4 is 24.0 Å². The number of nitrogens with zero attached hydrogens (tertiary/aromatic N) is 1. The van der Waals surface area contributed by atoms with Gasteiger partial charge in [0.2, 0.25) is 0 Å². The van der Waals surface area contributed by atoms with Crippen LogP contribution in [0.5, 0.6) is 0 Å². The molecule has 0 unspecified atom stereocenters. The monoisotopic (exact) mass is 231 g/mol. The molecule has 74 valence electrons. The van der Waals surface area contributed by atoms with Gasteiger partial charge >= 0.3 is 6.18 Å². The molecular weight excluding hydrogens is 226 g/mol. The van der Waals surface area contributed by atoms with Crippen LogP contribution in [-0.4, -0.2) is 4.98 Å². The summed E-state index contributed by atoms with van der Waals surface area (Å²) in [5, 5.41) is 0. The third kappa shape index (κ3) is 3.04. The van der Waals surface area contributed by atoms with Gasteiger partial charge in [-0.1, -0.05) is 0 Å². The van der Waals surface area contributed by atoms with Gasteiger partial charge < -0.3 is 0 Å². The maximum atomic E-state index is 12.1. The zero-order valence-electron chi connectivity index (χ0n) is 6.31. The average molecular weight is 232 g/mol. The Labute approximate surface area is 84.3 Å². The van der Waals surface area contributed by atoms with Crippen molar-refractivity contribution in [3.63, 3.8) is 0 Å². The summed E-state index contributed by atoms with van der Waals surface area (Å²) in [6.45, 7) is 0. The molecule has 0 aliphatic rings. The molecule has 0 atom stereocenters. The maximum Gasteiger partial charge on any atom is 0.418 e. The summed E-state index contributed by atoms with van der Waals surface area (Å²) < 4.78 is 36.4. The number of hydrogen-bond acceptors (Lipinski definition) is 1. The largest absolute Gasteiger partial charge is 0.418 e. The van der Waals surface area contributed by atoms with Crippen molar-refractivity contribution in [2.24, 2.45) is 0 Å². The predicted molar refractivity (Wildman–Crippen MR) is 46.0 cm³/mol. The summed E-state index contributed by atoms with van der Waals surface area (Å²) in [7, 11) is 0. The Hall–Kier alpha value is -0.480. The third-order valence-corrected chi connectivity index (χ3v) is 1.65. The lowest BCUT2D eigenvalue weighted by Gasteiger charge is -2.08. The molecule has 6 heteroatoms. The van der Waals surface area contributed by atoms with Gasteiger partial charge in [0.25, 0.3) is 0 Å². The van der Waals surface area contributed by atoms with Crippen molar-refractivity contribution in [1.82, 2.24) is 4.98 Å². The lowest BCUT2D eigenvalue weighted by molar-refractivity contribution is -0.138. The Morgan fingerprint density at radius 3 is 2.38 bits per heavy atom. The normalized spacial score (nSPS) is 10.8. The molecular formula is C7H6Cl2F3N. The van der Waals surface area contributed by atoms with Crippen LogP contribution in [0.3, 0.4) is 0 Å². The quantitative estimate of drug-likeness (QED) is 0.677. The number of pyridine rings is 1. The molecule has 0 aliphatic heterocycles. The first-order valence-electron chi connectivity index (χ1n) is 3.11. The summed E-state index contributed by atoms with van der Waals surface area (Å²) in [5.74, 6) is -0.155. The van der Waals surface area contributed by atoms with Gasteiger partial charge in [0.1, 0.15) is 0 Å². The van der Waals surface area contributed by atoms with E-state index < -0.39 is 11.7 Å². The highest BCUT2D eigenvalue weighted by atomic mass is 35.5. The summed E-state index contributed by atoms with van der Waals surface area (Å²) in [6, 6.07) is 1.26. The standard InChI is InChI=1S/C7H5ClF3N.ClH/c8-3-5-1-2-12-4-6(5)7(9,10)11;/h1-2,4H,3H2;1H. The Morgan fingerprint density at radius 2 is 2.00 bits per heavy atom. The number of aromatic nitrogens is 1. The number of rotatable bonds is 1. The molecule has 1 nitrogen and oxygen atoms in total. The van der Waals surface area contributed by atoms with Crippen LogP contribution in [0, 0.1) is 0 Å². The Kier molecular flexibility index (Phi) is 4.50. The fourth-order valence-corrected chi connectivity index (χ4v) is 1.03. The molecule has 0 saturated heterocycles. The molecule has 0 spiro atoms. The second-order valence-corrected chi connectivity index (χ2v) is 2.43. The van der Waals surface area contributed by atoms with Crippen LogP contribution in [0.4, 0.5) is 13.2 Å². The van der Waals surface area contributed by atoms with E-state index in [2.05, 4.69) is 4.98 Å². The van der Waals surface area contributed by atoms with Crippen LogP contribution in [0.1, 0.15) is 11.1 Å². The van der Waals surface area contributed by atoms with Crippen molar-refractivity contribution in [3.8, 4) is 0 Å². The Balaban J connectivity index is 0.00000144. The molecule has 1 aromatic rings. The lowest BCUT2D eigenvalue weighted by atomic mass is 10.1. The molecule has 0 fully saturated rings. The zero-order valence-corrected chi connectivity index (χ0v) is 7.88. The Morgan fingerprint density at radius 1 is 1.38 bits per heavy atom. The van der Waals surface area contributed by atoms with E-state index in [1.54, 1.807) is 0 Å². The van der Waals surface area contributed by atoms with E-state index in [1.165, 1.54) is 12.3 Å². The van der Waals surface area contributed by atoms with E-state index in [1.807, 2.05) is 0 Å². The van der Waals surface area contributed by atoms with Gasteiger partial charge in [0, 0.05) is 18.3 Å². The van der Waals surface area contributed by atoms with E-state index in [9.17, 15) is 13.2 Å². The highest BCUT2D eigenvalue weighted by Gasteiger charge is 2.33. The zero-order chi connectivity index (χ0) is 9.19. The third-order valence-electron chi connectivity index (χ3n) is 1.36. The van der Waals surface area contributed by atoms with Crippen LogP contribution in [-0.2, 0) is 12.1 Å². The first kappa shape index (κ1) is 12.5. The predicted octanol–water partition coefficient (Wildman–Crippen LogP) is 3.26. The van der Waals surface area contributed by atoms with Gasteiger partial charge in [-0.15, -0.1) is 24.0 Å². The van der Waals surface area contributed by atoms with Crippen molar-refractivity contribution < 1.29 is 13.2 Å². The van der Waals surface area contributed by atoms with Crippen LogP contribution in [0.15, 0.2) is 18.5 Å². The minimum atomic E-state index is -4.36. The van der Waals surface area contributed by atoms with E-state index in [0.29, 0.717) is 0 Å². The fraction of sp³-hybridized carbons (Fsp3) is 0.286. The number of hydrogen-bond donors (Lipinski definition) is 0. The van der Waals surface area contributed by atoms with Crippen molar-refractivity contribution in [2.75, 3.05) is 0 Å². The minimum absolute atomic E-state index is 0. The van der Waals surface area contributed by atoms with Crippen LogP contribution in [0.25, 0.3) is 0 Å². The molecule has 13 heavy (non-hydrogen) atoms. The minimum Gasteiger partial charge on any atom is -0.264 e. The molecule has 0 radical (unpaired) electrons. The number of halogens is 5. The Bertz CT molecular complexity index is 275. The second kappa shape index (κ2) is 4.67. The summed E-state index contributed by atoms with van der Waals surface area (Å²) in [5.41, 5.74) is -0.709. The SMILES string of the molecule is Cl.FC(F)(F)c1cnccc1CCl. The summed E-state index contributed by atoms with van der Waals surface area (Å²) in [4.78, 5) is 3.38. The molecule has 0 aliphatic carbocycles. The molecule has 0 amide bonds. The van der Waals surface area contributed by atoms with E-state index in [-0.39, 0.29) is 23.9 Å². The van der Waals surface area contributed by atoms with Gasteiger partial charge in [-0.3, -0.25) is 4.98 Å². The molecule has 1 aromatic heterocycles. The van der Waals surface area contributed by atoms with Crippen LogP contribution >= 0.6 is 24.0 Å². The van der Waals surface area contributed by atoms with Crippen LogP contribution in [0.2, 0.25) is 0 Å². The summed E-state index contributed by atoms with van der Waals surface area (Å²) in [6.07, 6.45) is -2.30. The topological polar surface area (TPSA) is 12.9 Å². The maximum absolute atomic E-state index is 12.1. The van der Waals surface area contributed by atoms with E-state index in [4.69, 9.17) is 11.6 Å². The highest BCUT2D eigenvalue weighted by molar-refractivity contribution is 6.17. The second-order valence-electron chi connectivity index (χ2n) is 2.16. The van der Waals surface area contributed by atoms with Gasteiger partial charge in [0.05, 0.1) is 5.56 Å². The molecule has 0 N–H and O–H groups in total. The highest BCUT2D eigenvalue weighted by Crippen LogP contribution is 2.31. The van der Waals surface area contributed by atoms with Crippen molar-refractivity contribution in [1.29, 1.82) is 0 Å². The molecule has 1 rings (SSSR count). The van der Waals surface area contributed by atoms with Crippen molar-refractivity contribution in [2.45, 2.75) is 12.1 Å². The first-order valence-corrected chi connectivity index (χ1v) is 3.65. The fourth-order valence-electron chi connectivity index (χ4n) is 0.795. The van der Waals surface area contributed by atoms with E-state index >= 15 is 0 Å². The van der Waals surface area contributed by atoms with Gasteiger partial charge in [-0.25, -0.2) is 0 Å². The van der Waals surface area contributed by atoms with Crippen molar-refractivity contribution in [3.05, 3.63) is 29.6 Å². The van der Waals surface area contributed by atoms with Gasteiger partial charge in [-0.05, 0) is 11.6 Å². The smallest absolute Gasteiger partial charge is 0.264 e. The lowest BCUT2D eigenvalue weighted by Crippen LogP contribution is -2.08. The van der Waals surface area contributed by atoms with Gasteiger partial charge in [0.15, 0.2) is 0 Å². The molecule has 0 bridgehead atoms.